The van der Waals surface area contributed by atoms with E-state index in [1.807, 2.05) is 0 Å². The average molecular weight is 291 g/mol. The molecule has 0 unspecified atom stereocenters. The summed E-state index contributed by atoms with van der Waals surface area (Å²) >= 11 is 0. The minimum Gasteiger partial charge on any atom is -0.0648 e. The number of rotatable bonds is 4. The van der Waals surface area contributed by atoms with E-state index in [1.54, 1.807) is 38.5 Å². The molecule has 0 nitrogen and oxygen atoms in total. The Kier molecular flexibility index (Phi) is 5.68. The second kappa shape index (κ2) is 7.51. The van der Waals surface area contributed by atoms with E-state index in [-0.39, 0.29) is 0 Å². The van der Waals surface area contributed by atoms with E-state index in [9.17, 15) is 0 Å². The van der Waals surface area contributed by atoms with Gasteiger partial charge in [0.05, 0.1) is 0 Å². The van der Waals surface area contributed by atoms with Crippen LogP contribution in [0.3, 0.4) is 0 Å². The largest absolute Gasteiger partial charge is 0.0648 e. The van der Waals surface area contributed by atoms with Crippen LogP contribution in [0.2, 0.25) is 0 Å². The molecule has 21 heavy (non-hydrogen) atoms. The molecule has 0 spiro atoms. The first-order valence-electron chi connectivity index (χ1n) is 10.4. The summed E-state index contributed by atoms with van der Waals surface area (Å²) in [5, 5.41) is 0. The second-order valence-electron chi connectivity index (χ2n) is 8.47. The summed E-state index contributed by atoms with van der Waals surface area (Å²) in [4.78, 5) is 0. The van der Waals surface area contributed by atoms with Crippen LogP contribution in [0, 0.1) is 23.2 Å². The summed E-state index contributed by atoms with van der Waals surface area (Å²) in [7, 11) is 0. The number of hydrogen-bond donors (Lipinski definition) is 0. The van der Waals surface area contributed by atoms with Crippen LogP contribution in [0.25, 0.3) is 0 Å². The van der Waals surface area contributed by atoms with Crippen molar-refractivity contribution in [3.8, 4) is 0 Å². The van der Waals surface area contributed by atoms with Crippen molar-refractivity contribution in [2.24, 2.45) is 23.2 Å². The van der Waals surface area contributed by atoms with E-state index in [2.05, 4.69) is 6.92 Å². The fourth-order valence-corrected chi connectivity index (χ4v) is 6.79. The van der Waals surface area contributed by atoms with Crippen LogP contribution in [0.5, 0.6) is 0 Å². The van der Waals surface area contributed by atoms with Crippen LogP contribution in [-0.2, 0) is 0 Å². The maximum atomic E-state index is 2.57. The first-order valence-corrected chi connectivity index (χ1v) is 10.4. The molecule has 0 bridgehead atoms. The van der Waals surface area contributed by atoms with Crippen molar-refractivity contribution >= 4 is 0 Å². The highest BCUT2D eigenvalue weighted by Crippen LogP contribution is 2.58. The molecule has 0 aromatic rings. The molecule has 122 valence electrons. The van der Waals surface area contributed by atoms with Crippen molar-refractivity contribution < 1.29 is 0 Å². The van der Waals surface area contributed by atoms with E-state index in [4.69, 9.17) is 0 Å². The van der Waals surface area contributed by atoms with Crippen molar-refractivity contribution in [3.05, 3.63) is 0 Å². The van der Waals surface area contributed by atoms with Crippen molar-refractivity contribution in [2.45, 2.75) is 110 Å². The third kappa shape index (κ3) is 3.20. The molecule has 3 aliphatic carbocycles. The smallest absolute Gasteiger partial charge is 0.0215 e. The molecule has 0 aliphatic heterocycles. The molecular weight excluding hydrogens is 252 g/mol. The highest BCUT2D eigenvalue weighted by Gasteiger charge is 2.49. The summed E-state index contributed by atoms with van der Waals surface area (Å²) in [5.41, 5.74) is 0.751. The van der Waals surface area contributed by atoms with Crippen molar-refractivity contribution in [1.29, 1.82) is 0 Å². The van der Waals surface area contributed by atoms with Gasteiger partial charge < -0.3 is 0 Å². The molecule has 0 radical (unpaired) electrons. The molecule has 3 saturated carbocycles. The molecule has 0 N–H and O–H groups in total. The third-order valence-corrected chi connectivity index (χ3v) is 7.71. The first kappa shape index (κ1) is 15.9. The van der Waals surface area contributed by atoms with E-state index < -0.39 is 0 Å². The summed E-state index contributed by atoms with van der Waals surface area (Å²) in [6.45, 7) is 2.57. The summed E-state index contributed by atoms with van der Waals surface area (Å²) in [6.07, 6.45) is 24.7. The van der Waals surface area contributed by atoms with E-state index in [0.29, 0.717) is 0 Å². The van der Waals surface area contributed by atoms with Gasteiger partial charge in [-0.05, 0) is 68.1 Å². The van der Waals surface area contributed by atoms with Crippen LogP contribution in [0.15, 0.2) is 0 Å². The Balaban J connectivity index is 1.85. The van der Waals surface area contributed by atoms with Crippen LogP contribution in [-0.4, -0.2) is 0 Å². The molecule has 3 rings (SSSR count). The Morgan fingerprint density at radius 3 is 1.05 bits per heavy atom. The normalized spacial score (nSPS) is 27.9. The zero-order chi connectivity index (χ0) is 14.5. The van der Waals surface area contributed by atoms with E-state index in [1.165, 1.54) is 64.2 Å². The molecule has 0 saturated heterocycles. The molecule has 0 aromatic carbocycles. The van der Waals surface area contributed by atoms with Crippen molar-refractivity contribution in [1.82, 2.24) is 0 Å². The van der Waals surface area contributed by atoms with Gasteiger partial charge in [-0.3, -0.25) is 0 Å². The predicted molar refractivity (Wildman–Crippen MR) is 92.4 cm³/mol. The highest BCUT2D eigenvalue weighted by molar-refractivity contribution is 4.98. The lowest BCUT2D eigenvalue weighted by atomic mass is 9.50. The van der Waals surface area contributed by atoms with Gasteiger partial charge in [0.15, 0.2) is 0 Å². The SMILES string of the molecule is CCC(C1CCCCC1)(C1CCCCC1)C1CCCCC1. The zero-order valence-corrected chi connectivity index (χ0v) is 14.5. The van der Waals surface area contributed by atoms with Crippen molar-refractivity contribution in [2.75, 3.05) is 0 Å². The first-order chi connectivity index (χ1) is 10.4. The lowest BCUT2D eigenvalue weighted by Crippen LogP contribution is -2.46. The standard InChI is InChI=1S/C21H38/c1-2-21(18-12-6-3-7-13-18,19-14-8-4-9-15-19)20-16-10-5-11-17-20/h18-20H,2-17H2,1H3. The molecule has 3 aliphatic rings. The average Bonchev–Trinajstić information content (AvgIpc) is 2.59. The van der Waals surface area contributed by atoms with Crippen LogP contribution < -0.4 is 0 Å². The summed E-state index contributed by atoms with van der Waals surface area (Å²) < 4.78 is 0. The number of hydrogen-bond acceptors (Lipinski definition) is 0. The minimum atomic E-state index is 0.751. The van der Waals surface area contributed by atoms with Gasteiger partial charge in [-0.1, -0.05) is 64.7 Å². The quantitative estimate of drug-likeness (QED) is 0.517. The Bertz CT molecular complexity index is 242. The lowest BCUT2D eigenvalue weighted by Gasteiger charge is -2.55. The fourth-order valence-electron chi connectivity index (χ4n) is 6.79. The zero-order valence-electron chi connectivity index (χ0n) is 14.5. The summed E-state index contributed by atoms with van der Waals surface area (Å²) in [5.74, 6) is 3.26. The molecule has 0 aromatic heterocycles. The Morgan fingerprint density at radius 2 is 0.810 bits per heavy atom. The minimum absolute atomic E-state index is 0.751. The van der Waals surface area contributed by atoms with Gasteiger partial charge >= 0.3 is 0 Å². The highest BCUT2D eigenvalue weighted by atomic mass is 14.5. The van der Waals surface area contributed by atoms with E-state index in [0.717, 1.165) is 23.2 Å². The maximum absolute atomic E-state index is 2.57. The third-order valence-electron chi connectivity index (χ3n) is 7.71. The fraction of sp³-hybridized carbons (Fsp3) is 1.00. The van der Waals surface area contributed by atoms with Crippen molar-refractivity contribution in [3.63, 3.8) is 0 Å². The molecule has 0 atom stereocenters. The van der Waals surface area contributed by atoms with Gasteiger partial charge in [0, 0.05) is 0 Å². The van der Waals surface area contributed by atoms with Gasteiger partial charge in [0.1, 0.15) is 0 Å². The maximum Gasteiger partial charge on any atom is -0.0215 e. The lowest BCUT2D eigenvalue weighted by molar-refractivity contribution is -0.0515. The monoisotopic (exact) mass is 290 g/mol. The molecule has 3 fully saturated rings. The topological polar surface area (TPSA) is 0 Å². The van der Waals surface area contributed by atoms with Crippen LogP contribution in [0.4, 0.5) is 0 Å². The molecule has 0 amide bonds. The molecule has 0 heteroatoms. The van der Waals surface area contributed by atoms with Gasteiger partial charge in [-0.2, -0.15) is 0 Å². The predicted octanol–water partition coefficient (Wildman–Crippen LogP) is 7.12. The van der Waals surface area contributed by atoms with Gasteiger partial charge in [-0.15, -0.1) is 0 Å². The summed E-state index contributed by atoms with van der Waals surface area (Å²) in [6, 6.07) is 0. The van der Waals surface area contributed by atoms with Gasteiger partial charge in [0.2, 0.25) is 0 Å². The second-order valence-corrected chi connectivity index (χ2v) is 8.47. The van der Waals surface area contributed by atoms with E-state index >= 15 is 0 Å². The molecule has 0 heterocycles. The van der Waals surface area contributed by atoms with Crippen LogP contribution >= 0.6 is 0 Å². The van der Waals surface area contributed by atoms with Gasteiger partial charge in [0.25, 0.3) is 0 Å². The Morgan fingerprint density at radius 1 is 0.524 bits per heavy atom. The Hall–Kier alpha value is 0. The van der Waals surface area contributed by atoms with Crippen LogP contribution in [0.1, 0.15) is 110 Å². The Labute approximate surface area is 133 Å². The molecular formula is C21H38. The van der Waals surface area contributed by atoms with Gasteiger partial charge in [-0.25, -0.2) is 0 Å².